The molecule has 0 spiro atoms. The van der Waals surface area contributed by atoms with Crippen molar-refractivity contribution in [2.24, 2.45) is 5.92 Å². The van der Waals surface area contributed by atoms with Crippen molar-refractivity contribution in [3.63, 3.8) is 0 Å². The Kier molecular flexibility index (Phi) is 4.22. The molecule has 2 fully saturated rings. The number of halogens is 2. The predicted molar refractivity (Wildman–Crippen MR) is 86.5 cm³/mol. The zero-order valence-electron chi connectivity index (χ0n) is 13.8. The van der Waals surface area contributed by atoms with E-state index >= 15 is 0 Å². The first-order valence-electron chi connectivity index (χ1n) is 8.65. The molecular weight excluding hydrogens is 330 g/mol. The van der Waals surface area contributed by atoms with Gasteiger partial charge in [-0.05, 0) is 30.9 Å². The van der Waals surface area contributed by atoms with E-state index in [1.54, 1.807) is 12.1 Å². The number of carbonyl (C=O) groups excluding carboxylic acids is 1. The van der Waals surface area contributed by atoms with Crippen LogP contribution < -0.4 is 4.90 Å². The van der Waals surface area contributed by atoms with E-state index < -0.39 is 12.2 Å². The van der Waals surface area contributed by atoms with E-state index in [-0.39, 0.29) is 18.1 Å². The maximum Gasteiger partial charge on any atom is 0.299 e. The fourth-order valence-electron chi connectivity index (χ4n) is 3.70. The zero-order chi connectivity index (χ0) is 17.4. The maximum atomic E-state index is 13.0. The molecule has 0 bridgehead atoms. The Labute approximate surface area is 143 Å². The third kappa shape index (κ3) is 3.14. The van der Waals surface area contributed by atoms with Gasteiger partial charge in [0.1, 0.15) is 5.82 Å². The molecular formula is C16H20F2N6O. The molecule has 1 amide bonds. The lowest BCUT2D eigenvalue weighted by Gasteiger charge is -2.36. The maximum absolute atomic E-state index is 13.0. The molecule has 3 heterocycles. The van der Waals surface area contributed by atoms with Gasteiger partial charge in [-0.1, -0.05) is 12.8 Å². The highest BCUT2D eigenvalue weighted by atomic mass is 19.3. The van der Waals surface area contributed by atoms with Gasteiger partial charge >= 0.3 is 0 Å². The van der Waals surface area contributed by atoms with E-state index in [0.717, 1.165) is 11.1 Å². The van der Waals surface area contributed by atoms with Gasteiger partial charge in [0.15, 0.2) is 5.65 Å². The molecule has 1 saturated heterocycles. The first-order chi connectivity index (χ1) is 12.1. The third-order valence-electron chi connectivity index (χ3n) is 5.06. The minimum Gasteiger partial charge on any atom is -0.344 e. The Morgan fingerprint density at radius 1 is 1.16 bits per heavy atom. The monoisotopic (exact) mass is 350 g/mol. The van der Waals surface area contributed by atoms with E-state index in [0.29, 0.717) is 24.8 Å². The molecule has 1 saturated carbocycles. The van der Waals surface area contributed by atoms with Crippen LogP contribution in [0.15, 0.2) is 12.1 Å². The summed E-state index contributed by atoms with van der Waals surface area (Å²) in [5, 5.41) is 11.4. The molecule has 1 aliphatic carbocycles. The fourth-order valence-corrected chi connectivity index (χ4v) is 3.70. The van der Waals surface area contributed by atoms with Gasteiger partial charge in [-0.15, -0.1) is 15.3 Å². The summed E-state index contributed by atoms with van der Waals surface area (Å²) in [5.41, 5.74) is 0.269. The number of nitrogens with zero attached hydrogens (tertiary/aromatic N) is 6. The normalized spacial score (nSPS) is 19.6. The number of rotatable bonds is 4. The first-order valence-corrected chi connectivity index (χ1v) is 8.65. The fraction of sp³-hybridized carbons (Fsp3) is 0.625. The number of fused-ring (bicyclic) bond motifs is 1. The van der Waals surface area contributed by atoms with Gasteiger partial charge in [0.25, 0.3) is 6.43 Å². The standard InChI is InChI=1S/C16H20F2N6O/c17-15(18)16-20-19-12-5-6-13(21-24(12)16)22-7-8-23(14(25)10-22)9-11-3-1-2-4-11/h5-6,11,15H,1-4,7-10H2. The quantitative estimate of drug-likeness (QED) is 0.843. The lowest BCUT2D eigenvalue weighted by Crippen LogP contribution is -2.51. The second-order valence-corrected chi connectivity index (χ2v) is 6.73. The largest absolute Gasteiger partial charge is 0.344 e. The smallest absolute Gasteiger partial charge is 0.299 e. The highest BCUT2D eigenvalue weighted by Gasteiger charge is 2.28. The van der Waals surface area contributed by atoms with Crippen LogP contribution in [0.3, 0.4) is 0 Å². The Morgan fingerprint density at radius 3 is 2.68 bits per heavy atom. The molecule has 0 unspecified atom stereocenters. The van der Waals surface area contributed by atoms with Crippen LogP contribution in [-0.4, -0.2) is 56.8 Å². The van der Waals surface area contributed by atoms with Crippen LogP contribution in [-0.2, 0) is 4.79 Å². The molecule has 0 aromatic carbocycles. The van der Waals surface area contributed by atoms with Crippen molar-refractivity contribution in [1.29, 1.82) is 0 Å². The van der Waals surface area contributed by atoms with E-state index in [1.165, 1.54) is 25.7 Å². The SMILES string of the molecule is O=C1CN(c2ccc3nnc(C(F)F)n3n2)CCN1CC1CCCC1. The van der Waals surface area contributed by atoms with Crippen LogP contribution in [0.5, 0.6) is 0 Å². The van der Waals surface area contributed by atoms with Crippen LogP contribution in [0.1, 0.15) is 37.9 Å². The van der Waals surface area contributed by atoms with Crippen LogP contribution >= 0.6 is 0 Å². The highest BCUT2D eigenvalue weighted by Crippen LogP contribution is 2.26. The summed E-state index contributed by atoms with van der Waals surface area (Å²) in [6, 6.07) is 3.29. The van der Waals surface area contributed by atoms with Crippen molar-refractivity contribution < 1.29 is 13.6 Å². The number of amides is 1. The summed E-state index contributed by atoms with van der Waals surface area (Å²) < 4.78 is 27.0. The Hall–Kier alpha value is -2.32. The molecule has 2 aromatic rings. The molecule has 134 valence electrons. The van der Waals surface area contributed by atoms with Crippen molar-refractivity contribution in [2.45, 2.75) is 32.1 Å². The molecule has 4 rings (SSSR count). The van der Waals surface area contributed by atoms with Crippen molar-refractivity contribution in [3.8, 4) is 0 Å². The average Bonchev–Trinajstić information content (AvgIpc) is 3.25. The topological polar surface area (TPSA) is 66.6 Å². The van der Waals surface area contributed by atoms with Crippen molar-refractivity contribution in [1.82, 2.24) is 24.7 Å². The number of hydrogen-bond donors (Lipinski definition) is 0. The molecule has 9 heteroatoms. The van der Waals surface area contributed by atoms with Crippen LogP contribution in [0.2, 0.25) is 0 Å². The van der Waals surface area contributed by atoms with E-state index in [2.05, 4.69) is 15.3 Å². The number of carbonyl (C=O) groups is 1. The lowest BCUT2D eigenvalue weighted by molar-refractivity contribution is -0.131. The van der Waals surface area contributed by atoms with Gasteiger partial charge in [0.2, 0.25) is 11.7 Å². The van der Waals surface area contributed by atoms with Gasteiger partial charge in [-0.25, -0.2) is 8.78 Å². The summed E-state index contributed by atoms with van der Waals surface area (Å²) >= 11 is 0. The van der Waals surface area contributed by atoms with Crippen molar-refractivity contribution in [3.05, 3.63) is 18.0 Å². The number of anilines is 1. The molecule has 2 aromatic heterocycles. The van der Waals surface area contributed by atoms with Crippen molar-refractivity contribution in [2.75, 3.05) is 31.1 Å². The Morgan fingerprint density at radius 2 is 1.96 bits per heavy atom. The molecule has 7 nitrogen and oxygen atoms in total. The van der Waals surface area contributed by atoms with Gasteiger partial charge in [-0.2, -0.15) is 4.52 Å². The van der Waals surface area contributed by atoms with E-state index in [1.807, 2.05) is 9.80 Å². The minimum atomic E-state index is -2.75. The van der Waals surface area contributed by atoms with Gasteiger partial charge in [0.05, 0.1) is 6.54 Å². The number of alkyl halides is 2. The van der Waals surface area contributed by atoms with Gasteiger partial charge < -0.3 is 9.80 Å². The number of aromatic nitrogens is 4. The first kappa shape index (κ1) is 16.2. The summed E-state index contributed by atoms with van der Waals surface area (Å²) in [5.74, 6) is 0.694. The molecule has 2 aliphatic rings. The molecule has 0 N–H and O–H groups in total. The average molecular weight is 350 g/mol. The summed E-state index contributed by atoms with van der Waals surface area (Å²) in [6.45, 7) is 2.33. The third-order valence-corrected chi connectivity index (χ3v) is 5.06. The Balaban J connectivity index is 1.48. The van der Waals surface area contributed by atoms with Crippen LogP contribution in [0.4, 0.5) is 14.6 Å². The molecule has 0 radical (unpaired) electrons. The summed E-state index contributed by atoms with van der Waals surface area (Å²) in [7, 11) is 0. The highest BCUT2D eigenvalue weighted by molar-refractivity contribution is 5.82. The van der Waals surface area contributed by atoms with Crippen LogP contribution in [0, 0.1) is 5.92 Å². The van der Waals surface area contributed by atoms with E-state index in [9.17, 15) is 13.6 Å². The van der Waals surface area contributed by atoms with Gasteiger partial charge in [-0.3, -0.25) is 4.79 Å². The zero-order valence-corrected chi connectivity index (χ0v) is 13.8. The summed E-state index contributed by atoms with van der Waals surface area (Å²) in [6.07, 6.45) is 2.18. The summed E-state index contributed by atoms with van der Waals surface area (Å²) in [4.78, 5) is 16.2. The predicted octanol–water partition coefficient (Wildman–Crippen LogP) is 1.90. The lowest BCUT2D eigenvalue weighted by atomic mass is 10.1. The number of hydrogen-bond acceptors (Lipinski definition) is 5. The van der Waals surface area contributed by atoms with Crippen LogP contribution in [0.25, 0.3) is 5.65 Å². The van der Waals surface area contributed by atoms with Gasteiger partial charge in [0, 0.05) is 19.6 Å². The molecule has 25 heavy (non-hydrogen) atoms. The Bertz CT molecular complexity index is 773. The molecule has 0 atom stereocenters. The second kappa shape index (κ2) is 6.53. The number of piperazine rings is 1. The second-order valence-electron chi connectivity index (χ2n) is 6.73. The molecule has 1 aliphatic heterocycles. The van der Waals surface area contributed by atoms with E-state index in [4.69, 9.17) is 0 Å². The van der Waals surface area contributed by atoms with Crippen molar-refractivity contribution >= 4 is 17.4 Å². The minimum absolute atomic E-state index is 0.0675.